The Labute approximate surface area is 304 Å². The van der Waals surface area contributed by atoms with Crippen LogP contribution in [-0.4, -0.2) is 68.5 Å². The number of aromatic nitrogens is 4. The van der Waals surface area contributed by atoms with E-state index in [1.807, 2.05) is 36.5 Å². The van der Waals surface area contributed by atoms with Gasteiger partial charge in [0.25, 0.3) is 0 Å². The van der Waals surface area contributed by atoms with Crippen molar-refractivity contribution in [2.45, 2.75) is 76.0 Å². The second-order valence-electron chi connectivity index (χ2n) is 14.3. The number of benzene rings is 3. The average molecular weight is 699 g/mol. The summed E-state index contributed by atoms with van der Waals surface area (Å²) in [7, 11) is 2.20. The minimum Gasteiger partial charge on any atom is -0.374 e. The van der Waals surface area contributed by atoms with Crippen LogP contribution in [0.4, 0.5) is 34.6 Å². The van der Waals surface area contributed by atoms with Crippen molar-refractivity contribution in [1.82, 2.24) is 29.7 Å². The van der Waals surface area contributed by atoms with Gasteiger partial charge in [-0.15, -0.1) is 0 Å². The first kappa shape index (κ1) is 33.6. The Morgan fingerprint density at radius 1 is 0.827 bits per heavy atom. The molecule has 268 valence electrons. The third-order valence-corrected chi connectivity index (χ3v) is 10.7. The Bertz CT molecular complexity index is 2020. The number of imidazole rings is 1. The molecule has 2 aliphatic heterocycles. The van der Waals surface area contributed by atoms with Crippen LogP contribution in [0.25, 0.3) is 11.2 Å². The summed E-state index contributed by atoms with van der Waals surface area (Å²) in [6.07, 6.45) is 9.52. The van der Waals surface area contributed by atoms with Crippen LogP contribution < -0.4 is 26.2 Å². The van der Waals surface area contributed by atoms with Gasteiger partial charge in [0, 0.05) is 60.9 Å². The highest BCUT2D eigenvalue weighted by molar-refractivity contribution is 6.01. The van der Waals surface area contributed by atoms with Gasteiger partial charge in [0.1, 0.15) is 11.6 Å². The van der Waals surface area contributed by atoms with Gasteiger partial charge < -0.3 is 20.9 Å². The van der Waals surface area contributed by atoms with Gasteiger partial charge >= 0.3 is 0 Å². The second kappa shape index (κ2) is 15.0. The van der Waals surface area contributed by atoms with Crippen LogP contribution in [0.2, 0.25) is 0 Å². The molecule has 4 N–H and O–H groups in total. The van der Waals surface area contributed by atoms with E-state index < -0.39 is 0 Å². The van der Waals surface area contributed by atoms with Crippen LogP contribution in [0.3, 0.4) is 0 Å². The molecule has 3 aliphatic rings. The number of amides is 2. The molecule has 0 radical (unpaired) electrons. The Morgan fingerprint density at radius 2 is 1.58 bits per heavy atom. The molecule has 4 heterocycles. The van der Waals surface area contributed by atoms with Crippen molar-refractivity contribution in [1.29, 1.82) is 0 Å². The van der Waals surface area contributed by atoms with Crippen molar-refractivity contribution < 1.29 is 9.59 Å². The lowest BCUT2D eigenvalue weighted by molar-refractivity contribution is -0.133. The topological polar surface area (TPSA) is 132 Å². The number of para-hydroxylation sites is 1. The number of imide groups is 1. The molecule has 3 aromatic carbocycles. The van der Waals surface area contributed by atoms with Crippen LogP contribution in [0.1, 0.15) is 63.0 Å². The summed E-state index contributed by atoms with van der Waals surface area (Å²) in [5.41, 5.74) is 6.90. The molecule has 12 nitrogen and oxygen atoms in total. The zero-order valence-corrected chi connectivity index (χ0v) is 29.6. The molecule has 2 aromatic heterocycles. The molecular weight excluding hydrogens is 653 g/mol. The minimum absolute atomic E-state index is 0.201. The first-order chi connectivity index (χ1) is 25.4. The Morgan fingerprint density at radius 3 is 2.35 bits per heavy atom. The zero-order chi connectivity index (χ0) is 35.4. The highest BCUT2D eigenvalue weighted by Crippen LogP contribution is 2.36. The van der Waals surface area contributed by atoms with E-state index in [1.54, 1.807) is 0 Å². The summed E-state index contributed by atoms with van der Waals surface area (Å²) in [4.78, 5) is 43.1. The summed E-state index contributed by atoms with van der Waals surface area (Å²) in [5.74, 6) is 0.921. The fourth-order valence-corrected chi connectivity index (χ4v) is 7.86. The molecule has 8 rings (SSSR count). The Balaban J connectivity index is 0.869. The van der Waals surface area contributed by atoms with Crippen LogP contribution in [0.5, 0.6) is 0 Å². The molecule has 5 aromatic rings. The van der Waals surface area contributed by atoms with Gasteiger partial charge in [-0.2, -0.15) is 4.98 Å². The first-order valence-corrected chi connectivity index (χ1v) is 18.5. The molecule has 0 spiro atoms. The first-order valence-electron chi connectivity index (χ1n) is 18.5. The monoisotopic (exact) mass is 698 g/mol. The molecule has 1 aliphatic carbocycles. The molecule has 1 atom stereocenters. The average Bonchev–Trinajstić information content (AvgIpc) is 3.81. The molecule has 52 heavy (non-hydrogen) atoms. The number of carbonyl (C=O) groups excluding carboxylic acids is 2. The van der Waals surface area contributed by atoms with Crippen molar-refractivity contribution >= 4 is 57.6 Å². The van der Waals surface area contributed by atoms with Crippen molar-refractivity contribution in [3.8, 4) is 0 Å². The van der Waals surface area contributed by atoms with Gasteiger partial charge in [0.15, 0.2) is 5.65 Å². The van der Waals surface area contributed by atoms with Crippen molar-refractivity contribution in [2.75, 3.05) is 41.0 Å². The van der Waals surface area contributed by atoms with E-state index in [0.29, 0.717) is 30.9 Å². The van der Waals surface area contributed by atoms with E-state index >= 15 is 0 Å². The second-order valence-corrected chi connectivity index (χ2v) is 14.3. The summed E-state index contributed by atoms with van der Waals surface area (Å²) in [5, 5.41) is 12.7. The number of hydrogen-bond acceptors (Lipinski definition) is 10. The highest BCUT2D eigenvalue weighted by Gasteiger charge is 2.27. The fraction of sp³-hybridized carbons (Fsp3) is 0.375. The predicted molar refractivity (Wildman–Crippen MR) is 205 cm³/mol. The third-order valence-electron chi connectivity index (χ3n) is 10.7. The highest BCUT2D eigenvalue weighted by atomic mass is 16.2. The zero-order valence-electron chi connectivity index (χ0n) is 29.6. The largest absolute Gasteiger partial charge is 0.374 e. The molecule has 1 saturated carbocycles. The maximum absolute atomic E-state index is 12.2. The molecule has 2 amide bonds. The molecule has 0 bridgehead atoms. The van der Waals surface area contributed by atoms with E-state index in [2.05, 4.69) is 96.2 Å². The SMILES string of the molecule is CN(Cc1cccc(NC2CCC(=O)NC2=O)c1)C1CCN(c2ccc(Nc3ncc4nc(Nc5ccccc5)n(C5CCCC5)c4n3)cc2)CC1. The number of piperidine rings is 2. The fourth-order valence-electron chi connectivity index (χ4n) is 7.86. The Hall–Kier alpha value is -5.49. The van der Waals surface area contributed by atoms with Crippen molar-refractivity contribution in [3.05, 3.63) is 90.6 Å². The molecular formula is C40H46N10O2. The van der Waals surface area contributed by atoms with Crippen LogP contribution in [0.15, 0.2) is 85.1 Å². The quantitative estimate of drug-likeness (QED) is 0.110. The molecule has 1 unspecified atom stereocenters. The summed E-state index contributed by atoms with van der Waals surface area (Å²) in [6, 6.07) is 27.4. The van der Waals surface area contributed by atoms with E-state index in [-0.39, 0.29) is 17.9 Å². The smallest absolute Gasteiger partial charge is 0.249 e. The maximum atomic E-state index is 12.2. The van der Waals surface area contributed by atoms with Crippen molar-refractivity contribution in [2.24, 2.45) is 0 Å². The van der Waals surface area contributed by atoms with E-state index in [9.17, 15) is 9.59 Å². The van der Waals surface area contributed by atoms with E-state index in [4.69, 9.17) is 9.97 Å². The number of rotatable bonds is 11. The summed E-state index contributed by atoms with van der Waals surface area (Å²) in [6.45, 7) is 2.81. The normalized spacial score (nSPS) is 18.6. The van der Waals surface area contributed by atoms with Gasteiger partial charge in [-0.3, -0.25) is 24.4 Å². The number of nitrogens with one attached hydrogen (secondary N) is 4. The lowest BCUT2D eigenvalue weighted by Gasteiger charge is -2.38. The minimum atomic E-state index is -0.383. The van der Waals surface area contributed by atoms with Gasteiger partial charge in [-0.1, -0.05) is 43.2 Å². The standard InChI is InChI=1S/C40H46N10O2/c1-48(26-27-8-7-11-30(24-27)42-34-18-19-36(51)46-38(34)52)31-20-22-49(23-21-31)32-16-14-29(15-17-32)43-39-41-25-35-37(47-39)50(33-12-5-6-13-33)40(45-35)44-28-9-3-2-4-10-28/h2-4,7-11,14-17,24-25,31,33-34,42H,5-6,12-13,18-23,26H2,1H3,(H,44,45)(H,41,43,47)(H,46,51,52). The molecule has 12 heteroatoms. The lowest BCUT2D eigenvalue weighted by Crippen LogP contribution is -2.47. The third kappa shape index (κ3) is 7.57. The van der Waals surface area contributed by atoms with E-state index in [1.165, 1.54) is 24.1 Å². The lowest BCUT2D eigenvalue weighted by atomic mass is 10.0. The van der Waals surface area contributed by atoms with E-state index in [0.717, 1.165) is 79.5 Å². The van der Waals surface area contributed by atoms with Crippen LogP contribution >= 0.6 is 0 Å². The summed E-state index contributed by atoms with van der Waals surface area (Å²) >= 11 is 0. The van der Waals surface area contributed by atoms with Crippen molar-refractivity contribution in [3.63, 3.8) is 0 Å². The van der Waals surface area contributed by atoms with Gasteiger partial charge in [0.2, 0.25) is 23.7 Å². The molecule has 2 saturated heterocycles. The predicted octanol–water partition coefficient (Wildman–Crippen LogP) is 6.75. The number of hydrogen-bond donors (Lipinski definition) is 4. The van der Waals surface area contributed by atoms with Crippen LogP contribution in [-0.2, 0) is 16.1 Å². The summed E-state index contributed by atoms with van der Waals surface area (Å²) < 4.78 is 2.27. The van der Waals surface area contributed by atoms with Gasteiger partial charge in [0.05, 0.1) is 6.20 Å². The molecule has 3 fully saturated rings. The number of nitrogens with zero attached hydrogens (tertiary/aromatic N) is 6. The van der Waals surface area contributed by atoms with Gasteiger partial charge in [-0.25, -0.2) is 9.97 Å². The number of anilines is 6. The van der Waals surface area contributed by atoms with Crippen LogP contribution in [0, 0.1) is 0 Å². The number of carbonyl (C=O) groups is 2. The van der Waals surface area contributed by atoms with Gasteiger partial charge in [-0.05, 0) is 93.2 Å². The Kier molecular flexibility index (Phi) is 9.71. The number of fused-ring (bicyclic) bond motifs is 1. The maximum Gasteiger partial charge on any atom is 0.249 e.